The lowest BCUT2D eigenvalue weighted by atomic mass is 10.1. The van der Waals surface area contributed by atoms with Crippen molar-refractivity contribution in [3.63, 3.8) is 0 Å². The smallest absolute Gasteiger partial charge is 0.181 e. The lowest BCUT2D eigenvalue weighted by molar-refractivity contribution is 0.580. The summed E-state index contributed by atoms with van der Waals surface area (Å²) in [5.74, 6) is 0. The Labute approximate surface area is 167 Å². The molecule has 0 saturated heterocycles. The number of pyridine rings is 1. The van der Waals surface area contributed by atoms with Crippen molar-refractivity contribution in [2.45, 2.75) is 35.8 Å². The summed E-state index contributed by atoms with van der Waals surface area (Å²) in [6, 6.07) is 12.9. The molecule has 5 rings (SSSR count). The number of anilines is 1. The molecular formula is C21H19N3O2S2. The number of nitrogens with two attached hydrogens (primary N) is 1. The van der Waals surface area contributed by atoms with Crippen LogP contribution in [0, 0.1) is 0 Å². The van der Waals surface area contributed by atoms with Crippen molar-refractivity contribution in [2.24, 2.45) is 0 Å². The maximum absolute atomic E-state index is 12.9. The molecule has 7 heteroatoms. The van der Waals surface area contributed by atoms with Gasteiger partial charge in [-0.25, -0.2) is 18.4 Å². The highest BCUT2D eigenvalue weighted by atomic mass is 32.2. The van der Waals surface area contributed by atoms with Crippen molar-refractivity contribution >= 4 is 48.0 Å². The van der Waals surface area contributed by atoms with Gasteiger partial charge in [0.1, 0.15) is 0 Å². The molecule has 28 heavy (non-hydrogen) atoms. The summed E-state index contributed by atoms with van der Waals surface area (Å²) >= 11 is 1.60. The van der Waals surface area contributed by atoms with E-state index in [2.05, 4.69) is 4.98 Å². The molecule has 142 valence electrons. The van der Waals surface area contributed by atoms with E-state index in [1.54, 1.807) is 29.5 Å². The number of thiazole rings is 1. The molecule has 0 aliphatic heterocycles. The summed E-state index contributed by atoms with van der Waals surface area (Å²) in [4.78, 5) is 9.42. The van der Waals surface area contributed by atoms with Gasteiger partial charge < -0.3 is 5.73 Å². The van der Waals surface area contributed by atoms with Gasteiger partial charge in [-0.2, -0.15) is 0 Å². The maximum Gasteiger partial charge on any atom is 0.181 e. The molecule has 2 heterocycles. The first-order valence-corrected chi connectivity index (χ1v) is 11.7. The van der Waals surface area contributed by atoms with Crippen LogP contribution in [0.25, 0.3) is 32.4 Å². The number of nitrogens with zero attached hydrogens (tertiary/aromatic N) is 2. The largest absolute Gasteiger partial charge is 0.398 e. The van der Waals surface area contributed by atoms with Gasteiger partial charge in [0.2, 0.25) is 0 Å². The van der Waals surface area contributed by atoms with E-state index >= 15 is 0 Å². The van der Waals surface area contributed by atoms with Crippen LogP contribution in [0.1, 0.15) is 25.7 Å². The van der Waals surface area contributed by atoms with Gasteiger partial charge in [-0.3, -0.25) is 0 Å². The summed E-state index contributed by atoms with van der Waals surface area (Å²) in [6.45, 7) is 0. The number of hydrogen-bond donors (Lipinski definition) is 1. The molecule has 1 fully saturated rings. The third-order valence-electron chi connectivity index (χ3n) is 5.51. The minimum Gasteiger partial charge on any atom is -0.398 e. The Morgan fingerprint density at radius 3 is 2.64 bits per heavy atom. The molecule has 1 saturated carbocycles. The van der Waals surface area contributed by atoms with Gasteiger partial charge in [0.25, 0.3) is 0 Å². The lowest BCUT2D eigenvalue weighted by Gasteiger charge is -2.13. The number of nitrogen functional groups attached to an aromatic ring is 1. The molecule has 2 N–H and O–H groups in total. The minimum atomic E-state index is -3.32. The van der Waals surface area contributed by atoms with Crippen molar-refractivity contribution in [2.75, 3.05) is 5.73 Å². The van der Waals surface area contributed by atoms with Crippen LogP contribution in [0.2, 0.25) is 0 Å². The molecule has 2 aromatic carbocycles. The van der Waals surface area contributed by atoms with Gasteiger partial charge in [0.05, 0.1) is 37.1 Å². The summed E-state index contributed by atoms with van der Waals surface area (Å²) in [5.41, 5.74) is 12.0. The fourth-order valence-corrected chi connectivity index (χ4v) is 6.50. The third kappa shape index (κ3) is 2.86. The van der Waals surface area contributed by atoms with Crippen molar-refractivity contribution in [3.8, 4) is 11.3 Å². The van der Waals surface area contributed by atoms with E-state index in [1.807, 2.05) is 29.8 Å². The average Bonchev–Trinajstić information content (AvgIpc) is 3.39. The molecule has 0 amide bonds. The summed E-state index contributed by atoms with van der Waals surface area (Å²) in [5, 5.41) is 0.404. The number of hydrogen-bond acceptors (Lipinski definition) is 6. The zero-order valence-corrected chi connectivity index (χ0v) is 16.8. The quantitative estimate of drug-likeness (QED) is 0.525. The average molecular weight is 410 g/mol. The van der Waals surface area contributed by atoms with Crippen LogP contribution < -0.4 is 5.73 Å². The molecule has 0 spiro atoms. The van der Waals surface area contributed by atoms with Gasteiger partial charge in [0, 0.05) is 16.6 Å². The van der Waals surface area contributed by atoms with Crippen LogP contribution in [0.4, 0.5) is 5.69 Å². The Balaban J connectivity index is 1.60. The van der Waals surface area contributed by atoms with Crippen molar-refractivity contribution < 1.29 is 8.42 Å². The number of aromatic nitrogens is 2. The Bertz CT molecular complexity index is 1310. The Kier molecular flexibility index (Phi) is 4.10. The van der Waals surface area contributed by atoms with E-state index in [-0.39, 0.29) is 5.25 Å². The topological polar surface area (TPSA) is 85.9 Å². The minimum absolute atomic E-state index is 0.275. The van der Waals surface area contributed by atoms with Gasteiger partial charge in [0.15, 0.2) is 9.84 Å². The molecular weight excluding hydrogens is 390 g/mol. The van der Waals surface area contributed by atoms with E-state index in [0.717, 1.165) is 47.2 Å². The van der Waals surface area contributed by atoms with Crippen molar-refractivity contribution in [1.82, 2.24) is 9.97 Å². The van der Waals surface area contributed by atoms with E-state index in [0.29, 0.717) is 21.5 Å². The van der Waals surface area contributed by atoms with Crippen LogP contribution in [0.5, 0.6) is 0 Å². The fourth-order valence-electron chi connectivity index (χ4n) is 3.96. The summed E-state index contributed by atoms with van der Waals surface area (Å²) in [7, 11) is -3.32. The van der Waals surface area contributed by atoms with Crippen LogP contribution >= 0.6 is 11.3 Å². The number of sulfone groups is 1. The van der Waals surface area contributed by atoms with Crippen LogP contribution in [0.3, 0.4) is 0 Å². The van der Waals surface area contributed by atoms with Crippen LogP contribution in [-0.2, 0) is 9.84 Å². The molecule has 0 radical (unpaired) electrons. The fraction of sp³-hybridized carbons (Fsp3) is 0.238. The van der Waals surface area contributed by atoms with Crippen LogP contribution in [0.15, 0.2) is 52.9 Å². The Morgan fingerprint density at radius 1 is 1.00 bits per heavy atom. The molecule has 2 aromatic heterocycles. The van der Waals surface area contributed by atoms with E-state index in [9.17, 15) is 8.42 Å². The molecule has 1 aliphatic rings. The second-order valence-electron chi connectivity index (χ2n) is 7.26. The number of fused-ring (bicyclic) bond motifs is 2. The third-order valence-corrected chi connectivity index (χ3v) is 8.58. The molecule has 4 aromatic rings. The highest BCUT2D eigenvalue weighted by Gasteiger charge is 2.30. The molecule has 0 atom stereocenters. The molecule has 0 bridgehead atoms. The maximum atomic E-state index is 12.9. The highest BCUT2D eigenvalue weighted by molar-refractivity contribution is 7.92. The second-order valence-corrected chi connectivity index (χ2v) is 10.4. The number of rotatable bonds is 3. The van der Waals surface area contributed by atoms with Crippen LogP contribution in [-0.4, -0.2) is 23.6 Å². The van der Waals surface area contributed by atoms with Gasteiger partial charge in [-0.05, 0) is 49.2 Å². The molecule has 0 unspecified atom stereocenters. The first-order valence-electron chi connectivity index (χ1n) is 9.30. The van der Waals surface area contributed by atoms with Crippen molar-refractivity contribution in [3.05, 3.63) is 48.0 Å². The monoisotopic (exact) mass is 409 g/mol. The van der Waals surface area contributed by atoms with Gasteiger partial charge in [-0.1, -0.05) is 18.9 Å². The first-order chi connectivity index (χ1) is 13.5. The predicted octanol–water partition coefficient (Wildman–Crippen LogP) is 4.81. The summed E-state index contributed by atoms with van der Waals surface area (Å²) < 4.78 is 26.9. The Morgan fingerprint density at radius 2 is 1.82 bits per heavy atom. The van der Waals surface area contributed by atoms with E-state index in [4.69, 9.17) is 10.7 Å². The van der Waals surface area contributed by atoms with E-state index < -0.39 is 9.84 Å². The Hall–Kier alpha value is -2.51. The zero-order valence-electron chi connectivity index (χ0n) is 15.1. The lowest BCUT2D eigenvalue weighted by Crippen LogP contribution is -2.17. The van der Waals surface area contributed by atoms with E-state index in [1.165, 1.54) is 0 Å². The second kappa shape index (κ2) is 6.53. The first kappa shape index (κ1) is 17.6. The standard InChI is InChI=1S/C21H19N3O2S2/c22-17-11-19(13-5-8-21-20(9-13)23-12-27-21)24-18-7-6-15(10-16(17)18)28(25,26)14-3-1-2-4-14/h5-12,14H,1-4H2,(H2,22,24). The highest BCUT2D eigenvalue weighted by Crippen LogP contribution is 2.33. The van der Waals surface area contributed by atoms with Gasteiger partial charge >= 0.3 is 0 Å². The van der Waals surface area contributed by atoms with Gasteiger partial charge in [-0.15, -0.1) is 11.3 Å². The van der Waals surface area contributed by atoms with Crippen molar-refractivity contribution in [1.29, 1.82) is 0 Å². The zero-order chi connectivity index (χ0) is 19.3. The molecule has 5 nitrogen and oxygen atoms in total. The SMILES string of the molecule is Nc1cc(-c2ccc3scnc3c2)nc2ccc(S(=O)(=O)C3CCCC3)cc12. The normalized spacial score (nSPS) is 15.6. The predicted molar refractivity (Wildman–Crippen MR) is 114 cm³/mol. The molecule has 1 aliphatic carbocycles. The number of benzene rings is 2. The summed E-state index contributed by atoms with van der Waals surface area (Å²) in [6.07, 6.45) is 3.44.